The molecule has 17 unspecified atom stereocenters. The molecule has 3 saturated heterocycles. The Hall–Kier alpha value is -1.59. The lowest BCUT2D eigenvalue weighted by molar-refractivity contribution is -0.286. The second-order valence-corrected chi connectivity index (χ2v) is 18.3. The molecular formula is C48H95NO21. The third-order valence-corrected chi connectivity index (χ3v) is 12.3. The first-order chi connectivity index (χ1) is 33.3. The Labute approximate surface area is 414 Å². The molecule has 3 aliphatic heterocycles. The summed E-state index contributed by atoms with van der Waals surface area (Å²) >= 11 is 0. The molecule has 22 heteroatoms. The molecule has 17 atom stereocenters. The second kappa shape index (κ2) is 41.7. The van der Waals surface area contributed by atoms with E-state index in [0.717, 1.165) is 25.7 Å². The van der Waals surface area contributed by atoms with E-state index in [-0.39, 0.29) is 12.6 Å². The predicted molar refractivity (Wildman–Crippen MR) is 255 cm³/mol. The fraction of sp³-hybridized carbons (Fsp3) is 0.938. The first-order valence-corrected chi connectivity index (χ1v) is 25.6. The Balaban J connectivity index is 0.00000106. The number of unbranched alkanes of at least 4 members (excludes halogenated alkanes) is 19. The molecule has 3 rings (SSSR count). The van der Waals surface area contributed by atoms with Gasteiger partial charge in [-0.05, 0) is 19.3 Å². The Morgan fingerprint density at radius 2 is 0.771 bits per heavy atom. The number of ether oxygens (including phenoxy) is 4. The molecule has 0 spiro atoms. The summed E-state index contributed by atoms with van der Waals surface area (Å²) in [6, 6.07) is -0.555. The zero-order valence-electron chi connectivity index (χ0n) is 41.6. The van der Waals surface area contributed by atoms with Crippen LogP contribution < -0.4 is 5.73 Å². The van der Waals surface area contributed by atoms with E-state index in [4.69, 9.17) is 87.1 Å². The zero-order chi connectivity index (χ0) is 53.0. The number of hydrogen-bond donors (Lipinski definition) is 17. The summed E-state index contributed by atoms with van der Waals surface area (Å²) in [5.41, 5.74) is 5.98. The van der Waals surface area contributed by atoms with E-state index in [2.05, 4.69) is 28.1 Å². The van der Waals surface area contributed by atoms with Crippen molar-refractivity contribution < 1.29 is 105 Å². The third-order valence-electron chi connectivity index (χ3n) is 12.3. The van der Waals surface area contributed by atoms with Crippen LogP contribution in [0.2, 0.25) is 0 Å². The lowest BCUT2D eigenvalue weighted by atomic mass is 10.00. The van der Waals surface area contributed by atoms with Crippen LogP contribution in [0.5, 0.6) is 0 Å². The van der Waals surface area contributed by atoms with Crippen LogP contribution in [0.15, 0.2) is 12.2 Å². The van der Waals surface area contributed by atoms with Crippen molar-refractivity contribution in [3.05, 3.63) is 12.2 Å². The molecular weight excluding hydrogens is 927 g/mol. The van der Waals surface area contributed by atoms with Crippen molar-refractivity contribution in [1.82, 2.24) is 0 Å². The predicted octanol–water partition coefficient (Wildman–Crippen LogP) is -1.27. The third kappa shape index (κ3) is 28.8. The molecule has 18 N–H and O–H groups in total. The second-order valence-electron chi connectivity index (χ2n) is 18.3. The molecule has 3 fully saturated rings. The highest BCUT2D eigenvalue weighted by molar-refractivity contribution is 5.69. The first-order valence-electron chi connectivity index (χ1n) is 25.6. The molecule has 0 aromatic carbocycles. The van der Waals surface area contributed by atoms with Crippen LogP contribution in [0.3, 0.4) is 0 Å². The van der Waals surface area contributed by atoms with Gasteiger partial charge < -0.3 is 106 Å². The highest BCUT2D eigenvalue weighted by atomic mass is 16.7. The van der Waals surface area contributed by atoms with Crippen molar-refractivity contribution in [3.8, 4) is 0 Å². The van der Waals surface area contributed by atoms with Crippen molar-refractivity contribution in [2.75, 3.05) is 26.4 Å². The Morgan fingerprint density at radius 1 is 0.471 bits per heavy atom. The summed E-state index contributed by atoms with van der Waals surface area (Å²) in [5.74, 6) is -0.199. The number of aliphatic hydroxyl groups excluding tert-OH is 16. The fourth-order valence-corrected chi connectivity index (χ4v) is 7.49. The summed E-state index contributed by atoms with van der Waals surface area (Å²) in [5, 5.41) is 144. The van der Waals surface area contributed by atoms with Gasteiger partial charge in [0.15, 0.2) is 18.9 Å². The van der Waals surface area contributed by atoms with Gasteiger partial charge in [-0.15, -0.1) is 0 Å². The minimum atomic E-state index is -1.57. The van der Waals surface area contributed by atoms with Crippen LogP contribution in [0.4, 0.5) is 0 Å². The number of aliphatic hydroxyl groups is 16. The van der Waals surface area contributed by atoms with Gasteiger partial charge in [0, 0.05) is 6.42 Å². The molecule has 22 nitrogen and oxygen atoms in total. The Morgan fingerprint density at radius 3 is 1.09 bits per heavy atom. The van der Waals surface area contributed by atoms with Crippen molar-refractivity contribution in [3.63, 3.8) is 0 Å². The highest BCUT2D eigenvalue weighted by Crippen LogP contribution is 2.21. The summed E-state index contributed by atoms with van der Waals surface area (Å²) < 4.78 is 19.0. The van der Waals surface area contributed by atoms with Gasteiger partial charge >= 0.3 is 5.97 Å². The molecule has 0 amide bonds. The maximum Gasteiger partial charge on any atom is 0.305 e. The average molecular weight is 1020 g/mol. The molecule has 0 aromatic rings. The number of rotatable bonds is 29. The first kappa shape index (κ1) is 68.4. The molecule has 0 bridgehead atoms. The number of allylic oxidation sites excluding steroid dienone is 1. The molecule has 70 heavy (non-hydrogen) atoms. The normalized spacial score (nSPS) is 31.8. The number of esters is 1. The molecule has 0 aromatic heterocycles. The van der Waals surface area contributed by atoms with Gasteiger partial charge in [-0.3, -0.25) is 4.79 Å². The van der Waals surface area contributed by atoms with E-state index in [0.29, 0.717) is 6.42 Å². The van der Waals surface area contributed by atoms with E-state index in [1.165, 1.54) is 109 Å². The van der Waals surface area contributed by atoms with Gasteiger partial charge in [0.25, 0.3) is 0 Å². The molecule has 0 saturated carbocycles. The van der Waals surface area contributed by atoms with Crippen LogP contribution in [0.25, 0.3) is 0 Å². The Kier molecular flexibility index (Phi) is 40.8. The lowest BCUT2D eigenvalue weighted by Crippen LogP contribution is -2.58. The van der Waals surface area contributed by atoms with E-state index in [9.17, 15) is 9.90 Å². The van der Waals surface area contributed by atoms with Crippen LogP contribution in [0, 0.1) is 0 Å². The van der Waals surface area contributed by atoms with Gasteiger partial charge in [0.2, 0.25) is 0 Å². The van der Waals surface area contributed by atoms with Crippen molar-refractivity contribution in [2.24, 2.45) is 5.73 Å². The maximum atomic E-state index is 11.9. The lowest BCUT2D eigenvalue weighted by Gasteiger charge is -2.37. The summed E-state index contributed by atoms with van der Waals surface area (Å²) in [6.45, 7) is 3.01. The monoisotopic (exact) mass is 1020 g/mol. The van der Waals surface area contributed by atoms with Gasteiger partial charge in [-0.1, -0.05) is 142 Å². The zero-order valence-corrected chi connectivity index (χ0v) is 41.6. The number of hydrogen-bond acceptors (Lipinski definition) is 22. The minimum Gasteiger partial charge on any atom is -0.464 e. The van der Waals surface area contributed by atoms with Crippen LogP contribution >= 0.6 is 0 Å². The maximum absolute atomic E-state index is 11.9. The van der Waals surface area contributed by atoms with Crippen molar-refractivity contribution in [2.45, 2.75) is 259 Å². The molecule has 418 valence electrons. The van der Waals surface area contributed by atoms with Gasteiger partial charge in [0.05, 0.1) is 32.0 Å². The fourth-order valence-electron chi connectivity index (χ4n) is 7.49. The standard InChI is InChI=1S/C30H59NO3.3C6H12O6/c1-3-5-7-9-11-13-14-15-16-18-19-21-23-25-29(32)28(31)27-34-30(33)26-24-22-20-17-12-10-8-6-4-2;3*7-1-2-3(8)4(9)5(10)6(11)12-2/h23,25,28-29,32H,3-22,24,26-27,31H2,1-2H3;3*2-11H,1H2. The van der Waals surface area contributed by atoms with E-state index >= 15 is 0 Å². The van der Waals surface area contributed by atoms with E-state index in [1.54, 1.807) is 6.08 Å². The average Bonchev–Trinajstić information content (AvgIpc) is 3.35. The number of carbonyl (C=O) groups excluding carboxylic acids is 1. The van der Waals surface area contributed by atoms with Crippen LogP contribution in [0.1, 0.15) is 155 Å². The molecule has 3 aliphatic rings. The smallest absolute Gasteiger partial charge is 0.305 e. The number of carbonyl (C=O) groups is 1. The van der Waals surface area contributed by atoms with Gasteiger partial charge in [-0.2, -0.15) is 0 Å². The van der Waals surface area contributed by atoms with Gasteiger partial charge in [0.1, 0.15) is 79.9 Å². The minimum absolute atomic E-state index is 0.0835. The van der Waals surface area contributed by atoms with Crippen LogP contribution in [-0.2, 0) is 23.7 Å². The summed E-state index contributed by atoms with van der Waals surface area (Å²) in [7, 11) is 0. The van der Waals surface area contributed by atoms with Crippen molar-refractivity contribution >= 4 is 5.97 Å². The summed E-state index contributed by atoms with van der Waals surface area (Å²) in [4.78, 5) is 11.9. The molecule has 0 radical (unpaired) electrons. The Bertz CT molecular complexity index is 1170. The summed E-state index contributed by atoms with van der Waals surface area (Å²) in [6.07, 6.45) is 9.10. The van der Waals surface area contributed by atoms with Crippen molar-refractivity contribution in [1.29, 1.82) is 0 Å². The molecule has 3 heterocycles. The van der Waals surface area contributed by atoms with Gasteiger partial charge in [-0.25, -0.2) is 0 Å². The topological polar surface area (TPSA) is 404 Å². The van der Waals surface area contributed by atoms with E-state index < -0.39 is 124 Å². The largest absolute Gasteiger partial charge is 0.464 e. The van der Waals surface area contributed by atoms with E-state index in [1.807, 2.05) is 6.08 Å². The number of nitrogens with two attached hydrogens (primary N) is 1. The SMILES string of the molecule is CCCCCCCCCCCCCC=CC(O)C(N)COC(=O)CCCCCCCCCCC.OCC1OC(O)C(O)C(O)C1O.OCC1OC(O)C(O)C(O)C1O.OCC1OC(O)C(O)C(O)C1O. The quantitative estimate of drug-likeness (QED) is 0.0236. The van der Waals surface area contributed by atoms with Crippen LogP contribution in [-0.4, -0.2) is 218 Å². The molecule has 0 aliphatic carbocycles. The highest BCUT2D eigenvalue weighted by Gasteiger charge is 2.44.